The smallest absolute Gasteiger partial charge is 0.245 e. The third kappa shape index (κ3) is 5.27. The van der Waals surface area contributed by atoms with Gasteiger partial charge < -0.3 is 16.4 Å². The van der Waals surface area contributed by atoms with Crippen LogP contribution in [0.5, 0.6) is 0 Å². The second-order valence-corrected chi connectivity index (χ2v) is 12.0. The minimum absolute atomic E-state index is 0.0357. The van der Waals surface area contributed by atoms with Crippen molar-refractivity contribution in [1.29, 1.82) is 10.5 Å². The van der Waals surface area contributed by atoms with Gasteiger partial charge in [0.1, 0.15) is 17.3 Å². The number of aromatic nitrogens is 4. The number of hydrogen-bond acceptors (Lipinski definition) is 8. The van der Waals surface area contributed by atoms with Crippen LogP contribution < -0.4 is 16.4 Å². The van der Waals surface area contributed by atoms with Crippen molar-refractivity contribution in [2.45, 2.75) is 52.1 Å². The van der Waals surface area contributed by atoms with Crippen LogP contribution in [0, 0.1) is 35.0 Å². The van der Waals surface area contributed by atoms with E-state index in [0.717, 1.165) is 11.1 Å². The molecule has 4 aromatic rings. The molecule has 2 aromatic carbocycles. The number of carbonyl (C=O) groups excluding carboxylic acids is 1. The monoisotopic (exact) mass is 567 g/mol. The number of carbonyl (C=O) groups is 1. The van der Waals surface area contributed by atoms with Gasteiger partial charge in [-0.15, -0.1) is 5.10 Å². The molecule has 1 aliphatic rings. The third-order valence-corrected chi connectivity index (χ3v) is 7.67. The highest BCUT2D eigenvalue weighted by molar-refractivity contribution is 6.35. The highest BCUT2D eigenvalue weighted by atomic mass is 35.5. The molecule has 5 rings (SSSR count). The molecule has 1 amide bonds. The summed E-state index contributed by atoms with van der Waals surface area (Å²) in [7, 11) is 0. The van der Waals surface area contributed by atoms with Gasteiger partial charge in [-0.2, -0.15) is 10.5 Å². The van der Waals surface area contributed by atoms with Crippen LogP contribution in [0.2, 0.25) is 5.02 Å². The number of nitrogens with two attached hydrogens (primary N) is 1. The first-order valence-corrected chi connectivity index (χ1v) is 13.6. The summed E-state index contributed by atoms with van der Waals surface area (Å²) in [6, 6.07) is 13.1. The van der Waals surface area contributed by atoms with E-state index in [4.69, 9.17) is 17.3 Å². The first kappa shape index (κ1) is 27.9. The number of nitrogens with zero attached hydrogens (tertiary/aromatic N) is 6. The Morgan fingerprint density at radius 2 is 1.95 bits per heavy atom. The van der Waals surface area contributed by atoms with Crippen molar-refractivity contribution in [2.24, 2.45) is 11.1 Å². The molecule has 0 saturated heterocycles. The molecule has 1 aliphatic carbocycles. The predicted molar refractivity (Wildman–Crippen MR) is 157 cm³/mol. The molecule has 10 nitrogen and oxygen atoms in total. The Morgan fingerprint density at radius 3 is 2.59 bits per heavy atom. The summed E-state index contributed by atoms with van der Waals surface area (Å²) < 4.78 is 1.54. The van der Waals surface area contributed by atoms with E-state index in [1.807, 2.05) is 25.1 Å². The third-order valence-electron chi connectivity index (χ3n) is 7.39. The first-order valence-electron chi connectivity index (χ1n) is 13.2. The second-order valence-electron chi connectivity index (χ2n) is 11.6. The van der Waals surface area contributed by atoms with Crippen LogP contribution in [-0.4, -0.2) is 32.4 Å². The van der Waals surface area contributed by atoms with Crippen molar-refractivity contribution in [3.05, 3.63) is 75.7 Å². The molecule has 11 heteroatoms. The van der Waals surface area contributed by atoms with Crippen LogP contribution in [0.1, 0.15) is 67.6 Å². The zero-order valence-electron chi connectivity index (χ0n) is 23.3. The van der Waals surface area contributed by atoms with Crippen LogP contribution in [0.15, 0.2) is 42.7 Å². The van der Waals surface area contributed by atoms with Gasteiger partial charge in [0.25, 0.3) is 0 Å². The Hall–Kier alpha value is -4.67. The molecule has 1 atom stereocenters. The molecule has 41 heavy (non-hydrogen) atoms. The molecule has 208 valence electrons. The van der Waals surface area contributed by atoms with E-state index in [2.05, 4.69) is 58.8 Å². The Labute approximate surface area is 243 Å². The molecule has 0 aliphatic heterocycles. The summed E-state index contributed by atoms with van der Waals surface area (Å²) in [5, 5.41) is 36.3. The fourth-order valence-electron chi connectivity index (χ4n) is 4.86. The molecule has 2 heterocycles. The van der Waals surface area contributed by atoms with Crippen molar-refractivity contribution < 1.29 is 4.79 Å². The number of primary amides is 1. The van der Waals surface area contributed by atoms with Gasteiger partial charge in [0.2, 0.25) is 5.91 Å². The largest absolute Gasteiger partial charge is 0.383 e. The summed E-state index contributed by atoms with van der Waals surface area (Å²) in [6.45, 7) is 8.83. The lowest BCUT2D eigenvalue weighted by molar-refractivity contribution is -0.122. The summed E-state index contributed by atoms with van der Waals surface area (Å²) in [6.07, 6.45) is 4.45. The summed E-state index contributed by atoms with van der Waals surface area (Å²) in [4.78, 5) is 16.6. The number of fused-ring (bicyclic) bond motifs is 1. The van der Waals surface area contributed by atoms with Crippen LogP contribution in [0.25, 0.3) is 10.9 Å². The fourth-order valence-corrected chi connectivity index (χ4v) is 5.13. The molecule has 1 fully saturated rings. The van der Waals surface area contributed by atoms with Crippen molar-refractivity contribution in [1.82, 2.24) is 20.0 Å². The topological polar surface area (TPSA) is 158 Å². The molecule has 2 aromatic heterocycles. The lowest BCUT2D eigenvalue weighted by Crippen LogP contribution is -2.34. The second kappa shape index (κ2) is 10.4. The predicted octanol–water partition coefficient (Wildman–Crippen LogP) is 5.17. The maximum absolute atomic E-state index is 12.2. The van der Waals surface area contributed by atoms with Crippen molar-refractivity contribution in [3.8, 4) is 12.1 Å². The maximum Gasteiger partial charge on any atom is 0.245 e. The maximum atomic E-state index is 12.2. The molecule has 4 N–H and O–H groups in total. The number of hydrogen-bond donors (Lipinski definition) is 3. The first-order chi connectivity index (χ1) is 19.5. The molecule has 0 spiro atoms. The van der Waals surface area contributed by atoms with Gasteiger partial charge in [-0.1, -0.05) is 49.7 Å². The van der Waals surface area contributed by atoms with Crippen molar-refractivity contribution in [2.75, 3.05) is 17.2 Å². The van der Waals surface area contributed by atoms with Crippen LogP contribution >= 0.6 is 11.6 Å². The molecular formula is C30H30ClN9O. The number of nitriles is 2. The van der Waals surface area contributed by atoms with Gasteiger partial charge in [0.15, 0.2) is 0 Å². The van der Waals surface area contributed by atoms with Crippen molar-refractivity contribution in [3.63, 3.8) is 0 Å². The van der Waals surface area contributed by atoms with E-state index in [1.54, 1.807) is 18.3 Å². The molecular weight excluding hydrogens is 538 g/mol. The zero-order chi connectivity index (χ0) is 29.5. The normalized spacial score (nSPS) is 14.6. The van der Waals surface area contributed by atoms with Gasteiger partial charge in [0, 0.05) is 23.8 Å². The van der Waals surface area contributed by atoms with Gasteiger partial charge in [-0.05, 0) is 54.5 Å². The Balaban J connectivity index is 1.63. The molecule has 0 radical (unpaired) electrons. The fraction of sp³-hybridized carbons (Fsp3) is 0.333. The summed E-state index contributed by atoms with van der Waals surface area (Å²) in [5.41, 5.74) is 9.73. The van der Waals surface area contributed by atoms with E-state index in [0.29, 0.717) is 63.5 Å². The molecule has 0 bridgehead atoms. The Morgan fingerprint density at radius 1 is 1.22 bits per heavy atom. The van der Waals surface area contributed by atoms with E-state index >= 15 is 0 Å². The van der Waals surface area contributed by atoms with E-state index in [-0.39, 0.29) is 5.41 Å². The van der Waals surface area contributed by atoms with Gasteiger partial charge in [-0.3, -0.25) is 9.78 Å². The standard InChI is InChI=1S/C30H30ClN9O/c1-17-18(12-32)6-5-7-21(17)27(24-15-40(39-38-24)30(8-9-30)28(34)41)37-20-10-22-25(36-16-29(2,3)4)19(13-33)14-35-26(22)23(31)11-20/h5-7,10-11,14-15,27,37H,8-9,16H2,1-4H3,(H2,34,41)(H,35,36)/t27-/m0/s1. The summed E-state index contributed by atoms with van der Waals surface area (Å²) >= 11 is 6.74. The number of halogens is 1. The van der Waals surface area contributed by atoms with Crippen LogP contribution in [0.4, 0.5) is 11.4 Å². The Bertz CT molecular complexity index is 1750. The number of amides is 1. The average molecular weight is 568 g/mol. The van der Waals surface area contributed by atoms with Gasteiger partial charge in [-0.25, -0.2) is 4.68 Å². The SMILES string of the molecule is Cc1c(C#N)cccc1[C@H](Nc1cc(Cl)c2ncc(C#N)c(NCC(C)(C)C)c2c1)c1cn(C2(C(N)=O)CC2)nn1. The van der Waals surface area contributed by atoms with Gasteiger partial charge in [0.05, 0.1) is 45.7 Å². The summed E-state index contributed by atoms with van der Waals surface area (Å²) in [5.74, 6) is -0.446. The average Bonchev–Trinajstić information content (AvgIpc) is 3.60. The van der Waals surface area contributed by atoms with E-state index in [1.165, 1.54) is 10.9 Å². The number of anilines is 2. The lowest BCUT2D eigenvalue weighted by atomic mass is 9.95. The van der Waals surface area contributed by atoms with Crippen LogP contribution in [0.3, 0.4) is 0 Å². The van der Waals surface area contributed by atoms with E-state index in [9.17, 15) is 15.3 Å². The van der Waals surface area contributed by atoms with Crippen molar-refractivity contribution >= 4 is 39.8 Å². The van der Waals surface area contributed by atoms with E-state index < -0.39 is 17.5 Å². The molecule has 0 unspecified atom stereocenters. The number of nitrogens with one attached hydrogen (secondary N) is 2. The Kier molecular flexibility index (Phi) is 7.06. The zero-order valence-corrected chi connectivity index (χ0v) is 24.0. The highest BCUT2D eigenvalue weighted by Gasteiger charge is 2.52. The quantitative estimate of drug-likeness (QED) is 0.263. The number of rotatable bonds is 8. The number of benzene rings is 2. The molecule has 1 saturated carbocycles. The minimum Gasteiger partial charge on any atom is -0.383 e. The lowest BCUT2D eigenvalue weighted by Gasteiger charge is -2.23. The minimum atomic E-state index is -0.863. The van der Waals surface area contributed by atoms with Gasteiger partial charge >= 0.3 is 0 Å². The number of pyridine rings is 1. The van der Waals surface area contributed by atoms with Crippen LogP contribution in [-0.2, 0) is 10.3 Å². The highest BCUT2D eigenvalue weighted by Crippen LogP contribution is 2.43.